The topological polar surface area (TPSA) is 38.7 Å². The van der Waals surface area contributed by atoms with Gasteiger partial charge < -0.3 is 0 Å². The van der Waals surface area contributed by atoms with Gasteiger partial charge in [0.15, 0.2) is 11.6 Å². The van der Waals surface area contributed by atoms with E-state index in [4.69, 9.17) is 11.6 Å². The number of benzene rings is 5. The van der Waals surface area contributed by atoms with Crippen molar-refractivity contribution in [2.75, 3.05) is 0 Å². The first-order valence-corrected chi connectivity index (χ1v) is 10.5. The molecule has 0 radical (unpaired) electrons. The van der Waals surface area contributed by atoms with Crippen LogP contribution in [0.25, 0.3) is 55.1 Å². The number of fused-ring (bicyclic) bond motifs is 5. The van der Waals surface area contributed by atoms with Gasteiger partial charge in [0, 0.05) is 11.1 Å². The van der Waals surface area contributed by atoms with Crippen molar-refractivity contribution < 1.29 is 0 Å². The van der Waals surface area contributed by atoms with Crippen LogP contribution in [0.4, 0.5) is 0 Å². The lowest BCUT2D eigenvalue weighted by atomic mass is 9.96. The Morgan fingerprint density at radius 3 is 1.87 bits per heavy atom. The Hall–Kier alpha value is -3.82. The van der Waals surface area contributed by atoms with Crippen LogP contribution in [0, 0.1) is 0 Å². The number of nitrogens with zero attached hydrogens (tertiary/aromatic N) is 3. The molecule has 6 rings (SSSR count). The molecule has 0 spiro atoms. The molecule has 31 heavy (non-hydrogen) atoms. The molecule has 1 heterocycles. The lowest BCUT2D eigenvalue weighted by Crippen LogP contribution is -1.97. The summed E-state index contributed by atoms with van der Waals surface area (Å²) in [6.07, 6.45) is 0. The van der Waals surface area contributed by atoms with Crippen LogP contribution in [-0.4, -0.2) is 15.0 Å². The molecule has 0 atom stereocenters. The van der Waals surface area contributed by atoms with Crippen LogP contribution < -0.4 is 0 Å². The predicted octanol–water partition coefficient (Wildman–Crippen LogP) is 7.32. The molecule has 0 aliphatic rings. The van der Waals surface area contributed by atoms with Crippen molar-refractivity contribution in [2.24, 2.45) is 0 Å². The normalized spacial score (nSPS) is 11.4. The largest absolute Gasteiger partial charge is 0.226 e. The van der Waals surface area contributed by atoms with Crippen molar-refractivity contribution in [3.8, 4) is 22.8 Å². The Bertz CT molecular complexity index is 1590. The quantitative estimate of drug-likeness (QED) is 0.277. The molecule has 3 nitrogen and oxygen atoms in total. The van der Waals surface area contributed by atoms with Crippen molar-refractivity contribution >= 4 is 43.9 Å². The van der Waals surface area contributed by atoms with Crippen LogP contribution in [0.5, 0.6) is 0 Å². The molecule has 0 aliphatic carbocycles. The average molecular weight is 418 g/mol. The van der Waals surface area contributed by atoms with Gasteiger partial charge >= 0.3 is 0 Å². The van der Waals surface area contributed by atoms with Gasteiger partial charge in [-0.15, -0.1) is 0 Å². The van der Waals surface area contributed by atoms with Gasteiger partial charge in [-0.1, -0.05) is 91.0 Å². The molecule has 6 aromatic rings. The van der Waals surface area contributed by atoms with Gasteiger partial charge in [0.1, 0.15) is 0 Å². The number of halogens is 1. The zero-order chi connectivity index (χ0) is 20.8. The molecule has 0 bridgehead atoms. The number of hydrogen-bond donors (Lipinski definition) is 0. The van der Waals surface area contributed by atoms with E-state index in [1.807, 2.05) is 30.3 Å². The monoisotopic (exact) mass is 417 g/mol. The molecule has 4 heteroatoms. The standard InChI is InChI=1S/C27H16ClN3/c28-27-30-25(18-7-2-1-3-8-18)29-26(31-27)20-12-13-22-19(16-20)11-15-23-21-9-5-4-6-17(21)10-14-24(22)23/h1-16H. The van der Waals surface area contributed by atoms with E-state index >= 15 is 0 Å². The second-order valence-electron chi connectivity index (χ2n) is 7.50. The third-order valence-electron chi connectivity index (χ3n) is 5.64. The summed E-state index contributed by atoms with van der Waals surface area (Å²) in [5.74, 6) is 1.14. The average Bonchev–Trinajstić information content (AvgIpc) is 2.83. The van der Waals surface area contributed by atoms with Crippen LogP contribution in [0.3, 0.4) is 0 Å². The predicted molar refractivity (Wildman–Crippen MR) is 128 cm³/mol. The maximum atomic E-state index is 6.24. The lowest BCUT2D eigenvalue weighted by Gasteiger charge is -2.09. The fourth-order valence-electron chi connectivity index (χ4n) is 4.16. The minimum Gasteiger partial charge on any atom is -0.208 e. The lowest BCUT2D eigenvalue weighted by molar-refractivity contribution is 1.07. The summed E-state index contributed by atoms with van der Waals surface area (Å²) < 4.78 is 0. The Morgan fingerprint density at radius 2 is 1.06 bits per heavy atom. The van der Waals surface area contributed by atoms with Crippen molar-refractivity contribution in [2.45, 2.75) is 0 Å². The summed E-state index contributed by atoms with van der Waals surface area (Å²) in [5.41, 5.74) is 1.82. The van der Waals surface area contributed by atoms with E-state index in [9.17, 15) is 0 Å². The first-order valence-electron chi connectivity index (χ1n) is 10.1. The van der Waals surface area contributed by atoms with Crippen molar-refractivity contribution in [3.05, 3.63) is 102 Å². The maximum absolute atomic E-state index is 6.24. The fraction of sp³-hybridized carbons (Fsp3) is 0. The molecule has 0 saturated carbocycles. The van der Waals surface area contributed by atoms with Gasteiger partial charge in [-0.3, -0.25) is 0 Å². The van der Waals surface area contributed by atoms with Gasteiger partial charge in [-0.25, -0.2) is 4.98 Å². The van der Waals surface area contributed by atoms with Crippen LogP contribution >= 0.6 is 11.6 Å². The first-order chi connectivity index (χ1) is 15.3. The summed E-state index contributed by atoms with van der Waals surface area (Å²) in [6, 6.07) is 33.3. The van der Waals surface area contributed by atoms with E-state index in [0.717, 1.165) is 16.5 Å². The smallest absolute Gasteiger partial charge is 0.208 e. The minimum atomic E-state index is 0.189. The Balaban J connectivity index is 1.52. The first kappa shape index (κ1) is 18.0. The summed E-state index contributed by atoms with van der Waals surface area (Å²) in [6.45, 7) is 0. The van der Waals surface area contributed by atoms with Gasteiger partial charge in [-0.2, -0.15) is 9.97 Å². The second kappa shape index (κ2) is 7.15. The highest BCUT2D eigenvalue weighted by atomic mass is 35.5. The highest BCUT2D eigenvalue weighted by molar-refractivity contribution is 6.28. The van der Waals surface area contributed by atoms with E-state index in [0.29, 0.717) is 11.6 Å². The number of hydrogen-bond acceptors (Lipinski definition) is 3. The SMILES string of the molecule is Clc1nc(-c2ccccc2)nc(-c2ccc3c(ccc4c5ccccc5ccc34)c2)n1. The van der Waals surface area contributed by atoms with E-state index < -0.39 is 0 Å². The summed E-state index contributed by atoms with van der Waals surface area (Å²) in [7, 11) is 0. The van der Waals surface area contributed by atoms with Crippen LogP contribution in [0.1, 0.15) is 0 Å². The zero-order valence-electron chi connectivity index (χ0n) is 16.5. The van der Waals surface area contributed by atoms with Gasteiger partial charge in [0.2, 0.25) is 5.28 Å². The highest BCUT2D eigenvalue weighted by Crippen LogP contribution is 2.33. The molecule has 146 valence electrons. The maximum Gasteiger partial charge on any atom is 0.226 e. The highest BCUT2D eigenvalue weighted by Gasteiger charge is 2.11. The molecule has 0 fully saturated rings. The third-order valence-corrected chi connectivity index (χ3v) is 5.81. The van der Waals surface area contributed by atoms with E-state index in [2.05, 4.69) is 81.7 Å². The molecule has 5 aromatic carbocycles. The van der Waals surface area contributed by atoms with E-state index in [1.54, 1.807) is 0 Å². The van der Waals surface area contributed by atoms with Crippen molar-refractivity contribution in [3.63, 3.8) is 0 Å². The zero-order valence-corrected chi connectivity index (χ0v) is 17.2. The van der Waals surface area contributed by atoms with Crippen molar-refractivity contribution in [1.82, 2.24) is 15.0 Å². The molecule has 0 amide bonds. The summed E-state index contributed by atoms with van der Waals surface area (Å²) in [4.78, 5) is 13.4. The Kier molecular flexibility index (Phi) is 4.15. The fourth-order valence-corrected chi connectivity index (χ4v) is 4.32. The second-order valence-corrected chi connectivity index (χ2v) is 7.84. The van der Waals surface area contributed by atoms with Gasteiger partial charge in [-0.05, 0) is 50.0 Å². The number of aromatic nitrogens is 3. The minimum absolute atomic E-state index is 0.189. The van der Waals surface area contributed by atoms with Gasteiger partial charge in [0.05, 0.1) is 0 Å². The molecule has 0 unspecified atom stereocenters. The molecule has 1 aromatic heterocycles. The molecule has 0 N–H and O–H groups in total. The van der Waals surface area contributed by atoms with E-state index in [-0.39, 0.29) is 5.28 Å². The molecule has 0 aliphatic heterocycles. The van der Waals surface area contributed by atoms with Crippen LogP contribution in [0.15, 0.2) is 97.1 Å². The van der Waals surface area contributed by atoms with Crippen LogP contribution in [0.2, 0.25) is 5.28 Å². The Morgan fingerprint density at radius 1 is 0.452 bits per heavy atom. The number of rotatable bonds is 2. The summed E-state index contributed by atoms with van der Waals surface area (Å²) in [5, 5.41) is 7.54. The summed E-state index contributed by atoms with van der Waals surface area (Å²) >= 11 is 6.24. The third kappa shape index (κ3) is 3.11. The molecular weight excluding hydrogens is 402 g/mol. The van der Waals surface area contributed by atoms with Crippen molar-refractivity contribution in [1.29, 1.82) is 0 Å². The molecule has 0 saturated heterocycles. The van der Waals surface area contributed by atoms with Crippen LogP contribution in [-0.2, 0) is 0 Å². The van der Waals surface area contributed by atoms with E-state index in [1.165, 1.54) is 26.9 Å². The molecular formula is C27H16ClN3. The Labute approximate surface area is 184 Å². The van der Waals surface area contributed by atoms with Gasteiger partial charge in [0.25, 0.3) is 0 Å².